The normalized spacial score (nSPS) is 9.57. The van der Waals surface area contributed by atoms with E-state index in [-0.39, 0.29) is 0 Å². The Morgan fingerprint density at radius 1 is 1.43 bits per heavy atom. The predicted molar refractivity (Wildman–Crippen MR) is 56.7 cm³/mol. The molecule has 1 rings (SSSR count). The fourth-order valence-electron chi connectivity index (χ4n) is 0.863. The van der Waals surface area contributed by atoms with Crippen LogP contribution in [0.4, 0.5) is 5.69 Å². The zero-order valence-corrected chi connectivity index (χ0v) is 9.09. The average molecular weight is 257 g/mol. The van der Waals surface area contributed by atoms with Gasteiger partial charge in [-0.3, -0.25) is 9.59 Å². The first kappa shape index (κ1) is 10.7. The summed E-state index contributed by atoms with van der Waals surface area (Å²) in [6, 6.07) is 5.22. The second-order valence-corrected chi connectivity index (χ2v) is 3.64. The number of carbonyl (C=O) groups excluding carboxylic acids is 2. The van der Waals surface area contributed by atoms with Crippen LogP contribution in [-0.2, 0) is 9.59 Å². The highest BCUT2D eigenvalue weighted by molar-refractivity contribution is 9.10. The molecule has 1 aromatic carbocycles. The number of carbonyl (C=O) groups is 2. The summed E-state index contributed by atoms with van der Waals surface area (Å²) < 4.78 is 0.861. The Morgan fingerprint density at radius 2 is 2.07 bits per heavy atom. The van der Waals surface area contributed by atoms with E-state index < -0.39 is 11.8 Å². The molecule has 2 amide bonds. The Labute approximate surface area is 89.6 Å². The summed E-state index contributed by atoms with van der Waals surface area (Å²) in [4.78, 5) is 21.4. The van der Waals surface area contributed by atoms with Gasteiger partial charge in [-0.1, -0.05) is 22.0 Å². The van der Waals surface area contributed by atoms with Crippen molar-refractivity contribution in [2.75, 3.05) is 5.32 Å². The molecule has 0 aliphatic rings. The highest BCUT2D eigenvalue weighted by atomic mass is 79.9. The first-order valence-electron chi connectivity index (χ1n) is 3.87. The summed E-state index contributed by atoms with van der Waals surface area (Å²) in [6.45, 7) is 1.92. The number of nitrogens with one attached hydrogen (secondary N) is 1. The summed E-state index contributed by atoms with van der Waals surface area (Å²) in [5, 5.41) is 2.37. The van der Waals surface area contributed by atoms with Crippen LogP contribution in [0, 0.1) is 6.92 Å². The molecular weight excluding hydrogens is 248 g/mol. The van der Waals surface area contributed by atoms with Crippen molar-refractivity contribution in [1.82, 2.24) is 0 Å². The van der Waals surface area contributed by atoms with Crippen LogP contribution in [0.3, 0.4) is 0 Å². The lowest BCUT2D eigenvalue weighted by Crippen LogP contribution is -2.29. The Balaban J connectivity index is 2.83. The van der Waals surface area contributed by atoms with Crippen molar-refractivity contribution in [3.8, 4) is 0 Å². The van der Waals surface area contributed by atoms with Gasteiger partial charge in [0, 0.05) is 10.2 Å². The van der Waals surface area contributed by atoms with Crippen molar-refractivity contribution >= 4 is 33.4 Å². The first-order valence-corrected chi connectivity index (χ1v) is 4.67. The fraction of sp³-hybridized carbons (Fsp3) is 0.111. The van der Waals surface area contributed by atoms with Gasteiger partial charge < -0.3 is 11.1 Å². The standard InChI is InChI=1S/C9H9BrN2O2/c1-5-2-3-6(4-7(5)10)12-9(14)8(11)13/h2-4H,1H3,(H2,11,13)(H,12,14). The number of benzene rings is 1. The first-order chi connectivity index (χ1) is 6.50. The molecule has 0 fully saturated rings. The zero-order valence-electron chi connectivity index (χ0n) is 7.50. The van der Waals surface area contributed by atoms with Crippen molar-refractivity contribution in [2.24, 2.45) is 5.73 Å². The maximum absolute atomic E-state index is 10.9. The van der Waals surface area contributed by atoms with Crippen LogP contribution in [0.2, 0.25) is 0 Å². The van der Waals surface area contributed by atoms with E-state index in [9.17, 15) is 9.59 Å². The van der Waals surface area contributed by atoms with Gasteiger partial charge >= 0.3 is 11.8 Å². The van der Waals surface area contributed by atoms with Crippen molar-refractivity contribution in [1.29, 1.82) is 0 Å². The molecule has 0 radical (unpaired) electrons. The summed E-state index contributed by atoms with van der Waals surface area (Å²) in [6.07, 6.45) is 0. The van der Waals surface area contributed by atoms with Crippen LogP contribution in [0.5, 0.6) is 0 Å². The average Bonchev–Trinajstić information content (AvgIpc) is 2.11. The minimum atomic E-state index is -0.998. The van der Waals surface area contributed by atoms with E-state index in [1.54, 1.807) is 12.1 Å². The second kappa shape index (κ2) is 4.23. The Bertz CT molecular complexity index is 390. The van der Waals surface area contributed by atoms with Gasteiger partial charge in [-0.05, 0) is 24.6 Å². The molecule has 0 atom stereocenters. The smallest absolute Gasteiger partial charge is 0.313 e. The molecule has 4 nitrogen and oxygen atoms in total. The van der Waals surface area contributed by atoms with Gasteiger partial charge in [-0.15, -0.1) is 0 Å². The summed E-state index contributed by atoms with van der Waals surface area (Å²) in [7, 11) is 0. The minimum Gasteiger partial charge on any atom is -0.361 e. The van der Waals surface area contributed by atoms with Gasteiger partial charge in [0.15, 0.2) is 0 Å². The largest absolute Gasteiger partial charge is 0.361 e. The molecular formula is C9H9BrN2O2. The fourth-order valence-corrected chi connectivity index (χ4v) is 1.24. The molecule has 1 aromatic rings. The van der Waals surface area contributed by atoms with Crippen LogP contribution in [0.15, 0.2) is 22.7 Å². The molecule has 0 heterocycles. The lowest BCUT2D eigenvalue weighted by atomic mass is 10.2. The van der Waals surface area contributed by atoms with Crippen LogP contribution >= 0.6 is 15.9 Å². The van der Waals surface area contributed by atoms with Crippen molar-refractivity contribution < 1.29 is 9.59 Å². The minimum absolute atomic E-state index is 0.534. The van der Waals surface area contributed by atoms with Gasteiger partial charge in [-0.2, -0.15) is 0 Å². The summed E-state index contributed by atoms with van der Waals surface area (Å²) in [5.41, 5.74) is 6.37. The van der Waals surface area contributed by atoms with Gasteiger partial charge in [0.05, 0.1) is 0 Å². The monoisotopic (exact) mass is 256 g/mol. The number of nitrogens with two attached hydrogens (primary N) is 1. The summed E-state index contributed by atoms with van der Waals surface area (Å²) in [5.74, 6) is -1.82. The molecule has 74 valence electrons. The topological polar surface area (TPSA) is 72.2 Å². The Morgan fingerprint density at radius 3 is 2.57 bits per heavy atom. The van der Waals surface area contributed by atoms with Gasteiger partial charge in [-0.25, -0.2) is 0 Å². The van der Waals surface area contributed by atoms with Crippen molar-refractivity contribution in [3.05, 3.63) is 28.2 Å². The highest BCUT2D eigenvalue weighted by Crippen LogP contribution is 2.20. The molecule has 0 aliphatic heterocycles. The predicted octanol–water partition coefficient (Wildman–Crippen LogP) is 1.18. The molecule has 0 unspecified atom stereocenters. The third kappa shape index (κ3) is 2.56. The number of hydrogen-bond acceptors (Lipinski definition) is 2. The third-order valence-electron chi connectivity index (χ3n) is 1.65. The van der Waals surface area contributed by atoms with E-state index in [0.29, 0.717) is 5.69 Å². The molecule has 0 bridgehead atoms. The third-order valence-corrected chi connectivity index (χ3v) is 2.51. The maximum atomic E-state index is 10.9. The van der Waals surface area contributed by atoms with Crippen molar-refractivity contribution in [3.63, 3.8) is 0 Å². The van der Waals surface area contributed by atoms with Gasteiger partial charge in [0.25, 0.3) is 0 Å². The maximum Gasteiger partial charge on any atom is 0.313 e. The van der Waals surface area contributed by atoms with Crippen LogP contribution in [-0.4, -0.2) is 11.8 Å². The number of halogens is 1. The molecule has 0 saturated carbocycles. The molecule has 3 N–H and O–H groups in total. The van der Waals surface area contributed by atoms with E-state index in [2.05, 4.69) is 21.2 Å². The van der Waals surface area contributed by atoms with E-state index in [0.717, 1.165) is 10.0 Å². The number of rotatable bonds is 1. The van der Waals surface area contributed by atoms with Gasteiger partial charge in [0.2, 0.25) is 0 Å². The highest BCUT2D eigenvalue weighted by Gasteiger charge is 2.08. The Hall–Kier alpha value is -1.36. The van der Waals surface area contributed by atoms with E-state index in [1.807, 2.05) is 13.0 Å². The van der Waals surface area contributed by atoms with Crippen LogP contribution < -0.4 is 11.1 Å². The number of anilines is 1. The van der Waals surface area contributed by atoms with E-state index in [4.69, 9.17) is 5.73 Å². The van der Waals surface area contributed by atoms with E-state index in [1.165, 1.54) is 0 Å². The Kier molecular flexibility index (Phi) is 3.24. The lowest BCUT2D eigenvalue weighted by Gasteiger charge is -2.04. The number of primary amides is 1. The number of hydrogen-bond donors (Lipinski definition) is 2. The van der Waals surface area contributed by atoms with Crippen LogP contribution in [0.25, 0.3) is 0 Å². The van der Waals surface area contributed by atoms with Crippen molar-refractivity contribution in [2.45, 2.75) is 6.92 Å². The number of aryl methyl sites for hydroxylation is 1. The quantitative estimate of drug-likeness (QED) is 0.741. The zero-order chi connectivity index (χ0) is 10.7. The molecule has 5 heteroatoms. The number of amides is 2. The molecule has 0 spiro atoms. The second-order valence-electron chi connectivity index (χ2n) is 2.78. The summed E-state index contributed by atoms with van der Waals surface area (Å²) >= 11 is 3.31. The molecule has 0 saturated heterocycles. The van der Waals surface area contributed by atoms with Gasteiger partial charge in [0.1, 0.15) is 0 Å². The van der Waals surface area contributed by atoms with Crippen LogP contribution in [0.1, 0.15) is 5.56 Å². The SMILES string of the molecule is Cc1ccc(NC(=O)C(N)=O)cc1Br. The molecule has 14 heavy (non-hydrogen) atoms. The van der Waals surface area contributed by atoms with E-state index >= 15 is 0 Å². The molecule has 0 aliphatic carbocycles. The molecule has 0 aromatic heterocycles. The lowest BCUT2D eigenvalue weighted by molar-refractivity contribution is -0.134.